The summed E-state index contributed by atoms with van der Waals surface area (Å²) in [6.07, 6.45) is 1.96. The number of hydrogen-bond acceptors (Lipinski definition) is 5. The molecular weight excluding hydrogens is 320 g/mol. The van der Waals surface area contributed by atoms with Crippen LogP contribution in [0.4, 0.5) is 0 Å². The molecule has 1 aliphatic heterocycles. The molecular formula is C15H22N2O5S. The number of methoxy groups -OCH3 is 2. The molecule has 0 spiro atoms. The fraction of sp³-hybridized carbons (Fsp3) is 0.533. The highest BCUT2D eigenvalue weighted by Crippen LogP contribution is 2.33. The van der Waals surface area contributed by atoms with Crippen LogP contribution >= 0.6 is 0 Å². The fourth-order valence-electron chi connectivity index (χ4n) is 2.60. The molecule has 0 saturated carbocycles. The van der Waals surface area contributed by atoms with Crippen LogP contribution in [0, 0.1) is 0 Å². The van der Waals surface area contributed by atoms with Gasteiger partial charge in [-0.3, -0.25) is 4.79 Å². The van der Waals surface area contributed by atoms with Gasteiger partial charge in [0.2, 0.25) is 15.9 Å². The van der Waals surface area contributed by atoms with Crippen molar-refractivity contribution < 1.29 is 22.7 Å². The molecule has 1 aromatic carbocycles. The van der Waals surface area contributed by atoms with E-state index in [0.717, 1.165) is 23.8 Å². The molecule has 1 aromatic rings. The van der Waals surface area contributed by atoms with Gasteiger partial charge >= 0.3 is 0 Å². The first kappa shape index (κ1) is 17.6. The zero-order valence-electron chi connectivity index (χ0n) is 13.6. The molecule has 0 aromatic heterocycles. The highest BCUT2D eigenvalue weighted by atomic mass is 32.2. The minimum atomic E-state index is -3.27. The van der Waals surface area contributed by atoms with Crippen LogP contribution in [0.25, 0.3) is 0 Å². The number of sulfonamides is 1. The minimum absolute atomic E-state index is 0.0680. The molecule has 1 heterocycles. The van der Waals surface area contributed by atoms with Crippen molar-refractivity contribution in [2.24, 2.45) is 0 Å². The van der Waals surface area contributed by atoms with Crippen molar-refractivity contribution in [1.82, 2.24) is 9.62 Å². The van der Waals surface area contributed by atoms with Gasteiger partial charge in [0.1, 0.15) is 0 Å². The molecule has 1 amide bonds. The van der Waals surface area contributed by atoms with Gasteiger partial charge < -0.3 is 14.4 Å². The normalized spacial score (nSPS) is 14.3. The summed E-state index contributed by atoms with van der Waals surface area (Å²) in [5, 5.41) is 0. The average molecular weight is 342 g/mol. The third-order valence-electron chi connectivity index (χ3n) is 3.77. The molecule has 2 rings (SSSR count). The Balaban J connectivity index is 2.03. The van der Waals surface area contributed by atoms with Crippen molar-refractivity contribution in [1.29, 1.82) is 0 Å². The van der Waals surface area contributed by atoms with Crippen LogP contribution in [-0.4, -0.2) is 52.8 Å². The van der Waals surface area contributed by atoms with Crippen LogP contribution in [0.5, 0.6) is 11.5 Å². The van der Waals surface area contributed by atoms with Crippen molar-refractivity contribution in [3.63, 3.8) is 0 Å². The van der Waals surface area contributed by atoms with Gasteiger partial charge in [0.05, 0.1) is 20.5 Å². The maximum absolute atomic E-state index is 12.2. The van der Waals surface area contributed by atoms with Crippen LogP contribution in [0.1, 0.15) is 17.5 Å². The number of amides is 1. The summed E-state index contributed by atoms with van der Waals surface area (Å²) < 4.78 is 35.0. The van der Waals surface area contributed by atoms with Gasteiger partial charge in [-0.15, -0.1) is 0 Å². The van der Waals surface area contributed by atoms with Gasteiger partial charge in [0.25, 0.3) is 0 Å². The molecule has 0 unspecified atom stereocenters. The molecule has 7 nitrogen and oxygen atoms in total. The number of hydrogen-bond donors (Lipinski definition) is 1. The van der Waals surface area contributed by atoms with Gasteiger partial charge in [-0.2, -0.15) is 0 Å². The summed E-state index contributed by atoms with van der Waals surface area (Å²) in [6.45, 7) is 1.22. The zero-order valence-corrected chi connectivity index (χ0v) is 14.4. The summed E-state index contributed by atoms with van der Waals surface area (Å²) in [4.78, 5) is 13.9. The third-order valence-corrected chi connectivity index (χ3v) is 4.50. The lowest BCUT2D eigenvalue weighted by molar-refractivity contribution is -0.131. The second kappa shape index (κ2) is 7.18. The lowest BCUT2D eigenvalue weighted by Gasteiger charge is -2.29. The fourth-order valence-corrected chi connectivity index (χ4v) is 3.07. The maximum atomic E-state index is 12.2. The first-order valence-electron chi connectivity index (χ1n) is 7.30. The van der Waals surface area contributed by atoms with Gasteiger partial charge in [0, 0.05) is 26.1 Å². The molecule has 0 fully saturated rings. The lowest BCUT2D eigenvalue weighted by Crippen LogP contribution is -2.37. The SMILES string of the molecule is COc1cc2c(cc1OC)CN(C(=O)CCNS(C)(=O)=O)CC2. The molecule has 0 radical (unpaired) electrons. The van der Waals surface area contributed by atoms with E-state index in [1.165, 1.54) is 0 Å². The summed E-state index contributed by atoms with van der Waals surface area (Å²) in [6, 6.07) is 3.84. The molecule has 0 bridgehead atoms. The number of carbonyl (C=O) groups excluding carboxylic acids is 1. The predicted molar refractivity (Wildman–Crippen MR) is 86.1 cm³/mol. The standard InChI is InChI=1S/C15H22N2O5S/c1-21-13-8-11-5-7-17(10-12(11)9-14(13)22-2)15(18)4-6-16-23(3,19)20/h8-9,16H,4-7,10H2,1-3H3. The lowest BCUT2D eigenvalue weighted by atomic mass is 9.98. The summed E-state index contributed by atoms with van der Waals surface area (Å²) in [5.41, 5.74) is 2.17. The van der Waals surface area contributed by atoms with E-state index in [4.69, 9.17) is 9.47 Å². The predicted octanol–water partition coefficient (Wildman–Crippen LogP) is 0.528. The quantitative estimate of drug-likeness (QED) is 0.815. The molecule has 0 aliphatic carbocycles. The Kier molecular flexibility index (Phi) is 5.48. The van der Waals surface area contributed by atoms with E-state index in [1.807, 2.05) is 12.1 Å². The van der Waals surface area contributed by atoms with Crippen molar-refractivity contribution in [3.8, 4) is 11.5 Å². The molecule has 1 N–H and O–H groups in total. The first-order valence-corrected chi connectivity index (χ1v) is 9.19. The molecule has 128 valence electrons. The maximum Gasteiger partial charge on any atom is 0.224 e. The van der Waals surface area contributed by atoms with Gasteiger partial charge in [0.15, 0.2) is 11.5 Å². The van der Waals surface area contributed by atoms with Crippen LogP contribution in [-0.2, 0) is 27.8 Å². The van der Waals surface area contributed by atoms with Crippen molar-refractivity contribution in [2.75, 3.05) is 33.6 Å². The molecule has 0 atom stereocenters. The second-order valence-corrected chi connectivity index (χ2v) is 7.29. The van der Waals surface area contributed by atoms with Crippen molar-refractivity contribution in [2.45, 2.75) is 19.4 Å². The first-order chi connectivity index (χ1) is 10.8. The Hall–Kier alpha value is -1.80. The van der Waals surface area contributed by atoms with Crippen LogP contribution in [0.15, 0.2) is 12.1 Å². The van der Waals surface area contributed by atoms with E-state index in [1.54, 1.807) is 19.1 Å². The van der Waals surface area contributed by atoms with E-state index < -0.39 is 10.0 Å². The van der Waals surface area contributed by atoms with Gasteiger partial charge in [-0.1, -0.05) is 0 Å². The molecule has 0 saturated heterocycles. The van der Waals surface area contributed by atoms with E-state index in [-0.39, 0.29) is 18.9 Å². The number of rotatable bonds is 6. The highest BCUT2D eigenvalue weighted by Gasteiger charge is 2.22. The summed E-state index contributed by atoms with van der Waals surface area (Å²) in [5.74, 6) is 1.25. The van der Waals surface area contributed by atoms with E-state index in [9.17, 15) is 13.2 Å². The number of nitrogens with one attached hydrogen (secondary N) is 1. The Morgan fingerprint density at radius 1 is 1.22 bits per heavy atom. The van der Waals surface area contributed by atoms with E-state index >= 15 is 0 Å². The molecule has 1 aliphatic rings. The van der Waals surface area contributed by atoms with Gasteiger partial charge in [-0.05, 0) is 29.7 Å². The van der Waals surface area contributed by atoms with E-state index in [0.29, 0.717) is 24.6 Å². The third kappa shape index (κ3) is 4.59. The average Bonchev–Trinajstić information content (AvgIpc) is 2.51. The Bertz CT molecular complexity index is 687. The summed E-state index contributed by atoms with van der Waals surface area (Å²) in [7, 11) is -0.0959. The largest absolute Gasteiger partial charge is 0.493 e. The van der Waals surface area contributed by atoms with Crippen molar-refractivity contribution in [3.05, 3.63) is 23.3 Å². The number of benzene rings is 1. The van der Waals surface area contributed by atoms with Crippen molar-refractivity contribution >= 4 is 15.9 Å². The summed E-state index contributed by atoms with van der Waals surface area (Å²) >= 11 is 0. The smallest absolute Gasteiger partial charge is 0.224 e. The van der Waals surface area contributed by atoms with Crippen LogP contribution in [0.2, 0.25) is 0 Å². The Morgan fingerprint density at radius 3 is 2.39 bits per heavy atom. The highest BCUT2D eigenvalue weighted by molar-refractivity contribution is 7.88. The zero-order chi connectivity index (χ0) is 17.0. The number of fused-ring (bicyclic) bond motifs is 1. The topological polar surface area (TPSA) is 84.9 Å². The van der Waals surface area contributed by atoms with E-state index in [2.05, 4.69) is 4.72 Å². The Morgan fingerprint density at radius 2 is 1.83 bits per heavy atom. The van der Waals surface area contributed by atoms with Gasteiger partial charge in [-0.25, -0.2) is 13.1 Å². The monoisotopic (exact) mass is 342 g/mol. The molecule has 8 heteroatoms. The minimum Gasteiger partial charge on any atom is -0.493 e. The Labute approximate surface area is 136 Å². The second-order valence-electron chi connectivity index (χ2n) is 5.46. The number of ether oxygens (including phenoxy) is 2. The number of nitrogens with zero attached hydrogens (tertiary/aromatic N) is 1. The van der Waals surface area contributed by atoms with Crippen LogP contribution in [0.3, 0.4) is 0 Å². The number of carbonyl (C=O) groups is 1. The van der Waals surface area contributed by atoms with Crippen LogP contribution < -0.4 is 14.2 Å². The molecule has 23 heavy (non-hydrogen) atoms.